The van der Waals surface area contributed by atoms with Crippen LogP contribution in [0.25, 0.3) is 5.69 Å². The monoisotopic (exact) mass is 348 g/mol. The summed E-state index contributed by atoms with van der Waals surface area (Å²) in [4.78, 5) is 11.4. The van der Waals surface area contributed by atoms with Crippen LogP contribution in [0.15, 0.2) is 34.9 Å². The Morgan fingerprint density at radius 3 is 2.40 bits per heavy atom. The Balaban J connectivity index is 2.62. The number of nitrogens with two attached hydrogens (primary N) is 1. The molecule has 1 amide bonds. The van der Waals surface area contributed by atoms with Crippen molar-refractivity contribution in [2.45, 2.75) is 6.18 Å². The number of benzene rings is 1. The fourth-order valence-electron chi connectivity index (χ4n) is 1.64. The maximum absolute atomic E-state index is 13.1. The van der Waals surface area contributed by atoms with Crippen molar-refractivity contribution in [1.29, 1.82) is 0 Å². The predicted molar refractivity (Wildman–Crippen MR) is 67.9 cm³/mol. The Morgan fingerprint density at radius 2 is 1.90 bits per heavy atom. The summed E-state index contributed by atoms with van der Waals surface area (Å²) in [6.07, 6.45) is -3.92. The number of hydrogen-bond acceptors (Lipinski definition) is 3. The molecule has 1 heterocycles. The predicted octanol–water partition coefficient (Wildman–Crippen LogP) is 2.26. The number of rotatable bonds is 2. The molecule has 0 aliphatic heterocycles. The summed E-state index contributed by atoms with van der Waals surface area (Å²) in [6, 6.07) is 6.02. The van der Waals surface area contributed by atoms with Crippen LogP contribution in [-0.2, 0) is 6.18 Å². The second-order valence-electron chi connectivity index (χ2n) is 3.77. The van der Waals surface area contributed by atoms with Crippen LogP contribution in [0.4, 0.5) is 13.2 Å². The molecule has 2 aromatic rings. The highest BCUT2D eigenvalue weighted by molar-refractivity contribution is 9.10. The third-order valence-electron chi connectivity index (χ3n) is 2.48. The third-order valence-corrected chi connectivity index (χ3v) is 3.01. The van der Waals surface area contributed by atoms with Gasteiger partial charge in [-0.05, 0) is 24.3 Å². The van der Waals surface area contributed by atoms with Gasteiger partial charge in [-0.25, -0.2) is 10.5 Å². The number of alkyl halides is 3. The zero-order chi connectivity index (χ0) is 14.9. The van der Waals surface area contributed by atoms with Crippen molar-refractivity contribution in [3.8, 4) is 5.69 Å². The smallest absolute Gasteiger partial charge is 0.290 e. The average molecular weight is 349 g/mol. The van der Waals surface area contributed by atoms with Crippen molar-refractivity contribution in [3.05, 3.63) is 46.2 Å². The van der Waals surface area contributed by atoms with Gasteiger partial charge in [-0.3, -0.25) is 10.2 Å². The zero-order valence-corrected chi connectivity index (χ0v) is 11.4. The normalized spacial score (nSPS) is 11.4. The number of nitrogen functional groups attached to an aromatic ring is 1. The van der Waals surface area contributed by atoms with E-state index in [0.717, 1.165) is 6.20 Å². The molecule has 0 radical (unpaired) electrons. The van der Waals surface area contributed by atoms with E-state index in [2.05, 4.69) is 21.0 Å². The quantitative estimate of drug-likeness (QED) is 0.496. The van der Waals surface area contributed by atoms with E-state index in [1.165, 1.54) is 12.1 Å². The number of hydrogen-bond donors (Lipinski definition) is 2. The largest absolute Gasteiger partial charge is 0.434 e. The Bertz CT molecular complexity index is 636. The second-order valence-corrected chi connectivity index (χ2v) is 4.68. The first-order chi connectivity index (χ1) is 9.34. The van der Waals surface area contributed by atoms with Crippen molar-refractivity contribution in [1.82, 2.24) is 15.2 Å². The third kappa shape index (κ3) is 2.68. The van der Waals surface area contributed by atoms with Crippen LogP contribution in [0, 0.1) is 0 Å². The van der Waals surface area contributed by atoms with Crippen LogP contribution in [0.5, 0.6) is 0 Å². The minimum absolute atomic E-state index is 0.177. The van der Waals surface area contributed by atoms with Gasteiger partial charge in [-0.2, -0.15) is 18.3 Å². The molecule has 0 atom stereocenters. The topological polar surface area (TPSA) is 72.9 Å². The van der Waals surface area contributed by atoms with Gasteiger partial charge in [-0.15, -0.1) is 0 Å². The molecule has 1 aromatic carbocycles. The molecule has 0 spiro atoms. The Morgan fingerprint density at radius 1 is 1.30 bits per heavy atom. The molecule has 0 saturated heterocycles. The lowest BCUT2D eigenvalue weighted by atomic mass is 10.2. The first-order valence-corrected chi connectivity index (χ1v) is 6.06. The Labute approximate surface area is 119 Å². The molecule has 20 heavy (non-hydrogen) atoms. The van der Waals surface area contributed by atoms with E-state index < -0.39 is 23.3 Å². The lowest BCUT2D eigenvalue weighted by Crippen LogP contribution is -2.31. The van der Waals surface area contributed by atoms with Crippen LogP contribution < -0.4 is 11.3 Å². The van der Waals surface area contributed by atoms with Crippen molar-refractivity contribution in [2.75, 3.05) is 0 Å². The van der Waals surface area contributed by atoms with Gasteiger partial charge in [0.2, 0.25) is 0 Å². The number of carbonyl (C=O) groups excluding carboxylic acids is 1. The molecule has 0 unspecified atom stereocenters. The number of hydrazine groups is 1. The van der Waals surface area contributed by atoms with Crippen molar-refractivity contribution in [2.24, 2.45) is 5.84 Å². The summed E-state index contributed by atoms with van der Waals surface area (Å²) in [5.41, 5.74) is 0.0311. The van der Waals surface area contributed by atoms with E-state index in [0.29, 0.717) is 9.15 Å². The molecule has 0 fully saturated rings. The summed E-state index contributed by atoms with van der Waals surface area (Å²) in [7, 11) is 0. The molecule has 0 aliphatic rings. The van der Waals surface area contributed by atoms with Crippen LogP contribution in [0.3, 0.4) is 0 Å². The van der Waals surface area contributed by atoms with Crippen LogP contribution in [0.1, 0.15) is 16.1 Å². The number of halogens is 4. The van der Waals surface area contributed by atoms with E-state index in [9.17, 15) is 18.0 Å². The summed E-state index contributed by atoms with van der Waals surface area (Å²) >= 11 is 3.18. The number of carbonyl (C=O) groups is 1. The van der Waals surface area contributed by atoms with Gasteiger partial charge in [0.05, 0.1) is 17.4 Å². The zero-order valence-electron chi connectivity index (χ0n) is 9.78. The summed E-state index contributed by atoms with van der Waals surface area (Å²) in [5, 5.41) is 3.62. The number of aromatic nitrogens is 2. The van der Waals surface area contributed by atoms with Crippen LogP contribution >= 0.6 is 15.9 Å². The maximum Gasteiger partial charge on any atom is 0.434 e. The highest BCUT2D eigenvalue weighted by atomic mass is 79.9. The highest BCUT2D eigenvalue weighted by Crippen LogP contribution is 2.33. The van der Waals surface area contributed by atoms with Gasteiger partial charge < -0.3 is 0 Å². The minimum atomic E-state index is -4.74. The molecular formula is C11H8BrF3N4O. The molecule has 0 saturated carbocycles. The first-order valence-electron chi connectivity index (χ1n) is 5.26. The fourth-order valence-corrected chi connectivity index (χ4v) is 1.91. The Kier molecular flexibility index (Phi) is 3.82. The highest BCUT2D eigenvalue weighted by Gasteiger charge is 2.40. The second kappa shape index (κ2) is 5.25. The van der Waals surface area contributed by atoms with Gasteiger partial charge in [0.1, 0.15) is 0 Å². The molecular weight excluding hydrogens is 341 g/mol. The summed E-state index contributed by atoms with van der Waals surface area (Å²) in [5.74, 6) is 3.82. The lowest BCUT2D eigenvalue weighted by molar-refractivity contribution is -0.143. The maximum atomic E-state index is 13.1. The van der Waals surface area contributed by atoms with Gasteiger partial charge in [-0.1, -0.05) is 15.9 Å². The standard InChI is InChI=1S/C11H8BrF3N4O/c12-6-1-3-7(4-2-6)19-9(11(13,14)15)8(5-17-19)10(20)18-16/h1-5H,16H2,(H,18,20). The summed E-state index contributed by atoms with van der Waals surface area (Å²) < 4.78 is 40.7. The molecule has 0 bridgehead atoms. The van der Waals surface area contributed by atoms with E-state index in [-0.39, 0.29) is 5.69 Å². The molecule has 1 aromatic heterocycles. The van der Waals surface area contributed by atoms with Gasteiger partial charge >= 0.3 is 6.18 Å². The van der Waals surface area contributed by atoms with Gasteiger partial charge in [0.25, 0.3) is 5.91 Å². The van der Waals surface area contributed by atoms with E-state index in [1.54, 1.807) is 17.6 Å². The fraction of sp³-hybridized carbons (Fsp3) is 0.0909. The molecule has 3 N–H and O–H groups in total. The molecule has 106 valence electrons. The van der Waals surface area contributed by atoms with Gasteiger partial charge in [0.15, 0.2) is 5.69 Å². The number of nitrogens with one attached hydrogen (secondary N) is 1. The van der Waals surface area contributed by atoms with Crippen LogP contribution in [0.2, 0.25) is 0 Å². The van der Waals surface area contributed by atoms with Crippen molar-refractivity contribution >= 4 is 21.8 Å². The first kappa shape index (κ1) is 14.5. The average Bonchev–Trinajstić information content (AvgIpc) is 2.83. The molecule has 9 heteroatoms. The van der Waals surface area contributed by atoms with Crippen molar-refractivity contribution in [3.63, 3.8) is 0 Å². The van der Waals surface area contributed by atoms with Crippen molar-refractivity contribution < 1.29 is 18.0 Å². The van der Waals surface area contributed by atoms with E-state index >= 15 is 0 Å². The SMILES string of the molecule is NNC(=O)c1cnn(-c2ccc(Br)cc2)c1C(F)(F)F. The minimum Gasteiger partial charge on any atom is -0.290 e. The molecule has 2 rings (SSSR count). The molecule has 5 nitrogen and oxygen atoms in total. The Hall–Kier alpha value is -1.87. The summed E-state index contributed by atoms with van der Waals surface area (Å²) in [6.45, 7) is 0. The van der Waals surface area contributed by atoms with E-state index in [1.807, 2.05) is 0 Å². The lowest BCUT2D eigenvalue weighted by Gasteiger charge is -2.12. The molecule has 0 aliphatic carbocycles. The number of nitrogens with zero attached hydrogens (tertiary/aromatic N) is 2. The van der Waals surface area contributed by atoms with Crippen LogP contribution in [-0.4, -0.2) is 15.7 Å². The number of amides is 1. The van der Waals surface area contributed by atoms with Gasteiger partial charge in [0, 0.05) is 4.47 Å². The van der Waals surface area contributed by atoms with E-state index in [4.69, 9.17) is 5.84 Å².